The van der Waals surface area contributed by atoms with Crippen LogP contribution in [0.25, 0.3) is 22.6 Å². The molecule has 0 saturated carbocycles. The zero-order valence-corrected chi connectivity index (χ0v) is 21.4. The maximum absolute atomic E-state index is 12.8. The van der Waals surface area contributed by atoms with Crippen molar-refractivity contribution in [2.45, 2.75) is 19.8 Å². The van der Waals surface area contributed by atoms with E-state index in [0.717, 1.165) is 37.0 Å². The first kappa shape index (κ1) is 24.7. The maximum Gasteiger partial charge on any atom is 0.293 e. The zero-order valence-electron chi connectivity index (χ0n) is 19.8. The summed E-state index contributed by atoms with van der Waals surface area (Å²) in [6.07, 6.45) is 1.97. The average Bonchev–Trinajstić information content (AvgIpc) is 3.54. The van der Waals surface area contributed by atoms with Crippen LogP contribution in [0.2, 0.25) is 5.02 Å². The summed E-state index contributed by atoms with van der Waals surface area (Å²) in [5, 5.41) is 17.6. The standard InChI is InChI=1S/C26H22ClN5O4S/c1-15-4-9-23-20(12-15)29-25(36-23)18-14-17(6-7-19(18)27)28-26(37)30-24(33)16-5-8-21(22(13-16)32(34)35)31-10-2-3-11-31/h4-9,12-14H,2-3,10-11H2,1H3,(H2,28,30,33,37). The van der Waals surface area contributed by atoms with Crippen LogP contribution in [-0.4, -0.2) is 34.0 Å². The number of hydrogen-bond donors (Lipinski definition) is 2. The Morgan fingerprint density at radius 2 is 1.92 bits per heavy atom. The number of carbonyl (C=O) groups is 1. The molecule has 4 aromatic rings. The van der Waals surface area contributed by atoms with Crippen molar-refractivity contribution in [3.05, 3.63) is 80.9 Å². The average molecular weight is 536 g/mol. The third-order valence-electron chi connectivity index (χ3n) is 6.11. The molecule has 0 aliphatic carbocycles. The summed E-state index contributed by atoms with van der Waals surface area (Å²) in [5.41, 5.74) is 4.08. The van der Waals surface area contributed by atoms with E-state index in [1.807, 2.05) is 30.0 Å². The second-order valence-corrected chi connectivity index (χ2v) is 9.56. The molecule has 1 fully saturated rings. The van der Waals surface area contributed by atoms with Gasteiger partial charge in [0.05, 0.1) is 15.5 Å². The van der Waals surface area contributed by atoms with Crippen molar-refractivity contribution >= 4 is 63.0 Å². The summed E-state index contributed by atoms with van der Waals surface area (Å²) < 4.78 is 5.86. The molecule has 1 aliphatic heterocycles. The number of carbonyl (C=O) groups excluding carboxylic acids is 1. The summed E-state index contributed by atoms with van der Waals surface area (Å²) in [4.78, 5) is 30.5. The van der Waals surface area contributed by atoms with Crippen molar-refractivity contribution < 1.29 is 14.1 Å². The minimum atomic E-state index is -0.558. The topological polar surface area (TPSA) is 114 Å². The third kappa shape index (κ3) is 5.25. The fraction of sp³-hybridized carbons (Fsp3) is 0.192. The van der Waals surface area contributed by atoms with E-state index < -0.39 is 10.8 Å². The zero-order chi connectivity index (χ0) is 26.1. The number of nitro benzene ring substituents is 1. The monoisotopic (exact) mass is 535 g/mol. The lowest BCUT2D eigenvalue weighted by atomic mass is 10.1. The van der Waals surface area contributed by atoms with Crippen LogP contribution in [0, 0.1) is 17.0 Å². The molecule has 9 nitrogen and oxygen atoms in total. The van der Waals surface area contributed by atoms with Gasteiger partial charge < -0.3 is 14.6 Å². The Kier molecular flexibility index (Phi) is 6.77. The molecule has 0 bridgehead atoms. The van der Waals surface area contributed by atoms with Gasteiger partial charge in [0.1, 0.15) is 11.2 Å². The number of hydrogen-bond acceptors (Lipinski definition) is 7. The summed E-state index contributed by atoms with van der Waals surface area (Å²) in [5.74, 6) is -0.202. The number of nitrogens with one attached hydrogen (secondary N) is 2. The molecule has 11 heteroatoms. The molecule has 0 spiro atoms. The van der Waals surface area contributed by atoms with Gasteiger partial charge in [0.25, 0.3) is 11.6 Å². The number of oxazole rings is 1. The fourth-order valence-corrected chi connectivity index (χ4v) is 4.70. The highest BCUT2D eigenvalue weighted by atomic mass is 35.5. The van der Waals surface area contributed by atoms with Gasteiger partial charge in [0.2, 0.25) is 5.89 Å². The van der Waals surface area contributed by atoms with Gasteiger partial charge in [-0.3, -0.25) is 20.2 Å². The Hall–Kier alpha value is -4.02. The summed E-state index contributed by atoms with van der Waals surface area (Å²) in [6, 6.07) is 15.3. The summed E-state index contributed by atoms with van der Waals surface area (Å²) in [7, 11) is 0. The predicted octanol–water partition coefficient (Wildman–Crippen LogP) is 6.09. The maximum atomic E-state index is 12.8. The molecular weight excluding hydrogens is 514 g/mol. The van der Waals surface area contributed by atoms with Crippen molar-refractivity contribution in [3.8, 4) is 11.5 Å². The number of halogens is 1. The first-order valence-corrected chi connectivity index (χ1v) is 12.4. The number of aromatic nitrogens is 1. The highest BCUT2D eigenvalue weighted by molar-refractivity contribution is 7.80. The van der Waals surface area contributed by atoms with Crippen LogP contribution in [0.15, 0.2) is 59.0 Å². The Balaban J connectivity index is 1.31. The van der Waals surface area contributed by atoms with E-state index in [1.165, 1.54) is 6.07 Å². The van der Waals surface area contributed by atoms with Crippen molar-refractivity contribution in [2.24, 2.45) is 0 Å². The van der Waals surface area contributed by atoms with Crippen molar-refractivity contribution in [3.63, 3.8) is 0 Å². The molecular formula is C26H22ClN5O4S. The van der Waals surface area contributed by atoms with Crippen molar-refractivity contribution in [1.82, 2.24) is 10.3 Å². The van der Waals surface area contributed by atoms with E-state index in [0.29, 0.717) is 33.4 Å². The van der Waals surface area contributed by atoms with Gasteiger partial charge >= 0.3 is 0 Å². The SMILES string of the molecule is Cc1ccc2oc(-c3cc(NC(=S)NC(=O)c4ccc(N5CCCC5)c([N+](=O)[O-])c4)ccc3Cl)nc2c1. The molecule has 37 heavy (non-hydrogen) atoms. The predicted molar refractivity (Wildman–Crippen MR) is 147 cm³/mol. The molecule has 1 aliphatic rings. The Morgan fingerprint density at radius 3 is 2.68 bits per heavy atom. The second-order valence-electron chi connectivity index (χ2n) is 8.75. The molecule has 1 amide bonds. The number of benzene rings is 3. The van der Waals surface area contributed by atoms with E-state index in [1.54, 1.807) is 30.3 Å². The van der Waals surface area contributed by atoms with Gasteiger partial charge in [-0.05, 0) is 80.0 Å². The highest BCUT2D eigenvalue weighted by Gasteiger charge is 2.24. The molecule has 1 aromatic heterocycles. The Labute approximate surface area is 222 Å². The number of fused-ring (bicyclic) bond motifs is 1. The van der Waals surface area contributed by atoms with E-state index in [9.17, 15) is 14.9 Å². The van der Waals surface area contributed by atoms with E-state index in [4.69, 9.17) is 28.2 Å². The molecule has 188 valence electrons. The van der Waals surface area contributed by atoms with Crippen LogP contribution in [0.4, 0.5) is 17.1 Å². The minimum absolute atomic E-state index is 0.0257. The smallest absolute Gasteiger partial charge is 0.293 e. The van der Waals surface area contributed by atoms with Crippen molar-refractivity contribution in [2.75, 3.05) is 23.3 Å². The van der Waals surface area contributed by atoms with Gasteiger partial charge in [0, 0.05) is 30.4 Å². The van der Waals surface area contributed by atoms with Crippen LogP contribution < -0.4 is 15.5 Å². The summed E-state index contributed by atoms with van der Waals surface area (Å²) >= 11 is 11.7. The van der Waals surface area contributed by atoms with E-state index in [2.05, 4.69) is 15.6 Å². The normalized spacial score (nSPS) is 13.1. The van der Waals surface area contributed by atoms with E-state index >= 15 is 0 Å². The molecule has 3 aromatic carbocycles. The van der Waals surface area contributed by atoms with Gasteiger partial charge in [-0.15, -0.1) is 0 Å². The number of nitro groups is 1. The molecule has 0 radical (unpaired) electrons. The van der Waals surface area contributed by atoms with Gasteiger partial charge in [-0.2, -0.15) is 0 Å². The number of aryl methyl sites for hydroxylation is 1. The highest BCUT2D eigenvalue weighted by Crippen LogP contribution is 2.33. The lowest BCUT2D eigenvalue weighted by Gasteiger charge is -2.18. The molecule has 0 atom stereocenters. The van der Waals surface area contributed by atoms with Crippen LogP contribution in [0.1, 0.15) is 28.8 Å². The largest absolute Gasteiger partial charge is 0.436 e. The number of rotatable bonds is 5. The molecule has 1 saturated heterocycles. The number of nitrogens with zero attached hydrogens (tertiary/aromatic N) is 3. The lowest BCUT2D eigenvalue weighted by Crippen LogP contribution is -2.34. The molecule has 5 rings (SSSR count). The van der Waals surface area contributed by atoms with Crippen LogP contribution >= 0.6 is 23.8 Å². The second kappa shape index (κ2) is 10.2. The lowest BCUT2D eigenvalue weighted by molar-refractivity contribution is -0.384. The first-order valence-electron chi connectivity index (χ1n) is 11.6. The van der Waals surface area contributed by atoms with Gasteiger partial charge in [-0.1, -0.05) is 17.7 Å². The Bertz CT molecular complexity index is 1550. The summed E-state index contributed by atoms with van der Waals surface area (Å²) in [6.45, 7) is 3.49. The van der Waals surface area contributed by atoms with Crippen LogP contribution in [0.3, 0.4) is 0 Å². The van der Waals surface area contributed by atoms with Crippen molar-refractivity contribution in [1.29, 1.82) is 0 Å². The van der Waals surface area contributed by atoms with Gasteiger partial charge in [-0.25, -0.2) is 4.98 Å². The van der Waals surface area contributed by atoms with Crippen LogP contribution in [0.5, 0.6) is 0 Å². The quantitative estimate of drug-likeness (QED) is 0.179. The third-order valence-corrected chi connectivity index (χ3v) is 6.64. The fourth-order valence-electron chi connectivity index (χ4n) is 4.29. The molecule has 2 heterocycles. The van der Waals surface area contributed by atoms with Gasteiger partial charge in [0.15, 0.2) is 10.7 Å². The minimum Gasteiger partial charge on any atom is -0.436 e. The number of amides is 1. The van der Waals surface area contributed by atoms with E-state index in [-0.39, 0.29) is 16.4 Å². The molecule has 0 unspecified atom stereocenters. The number of anilines is 2. The molecule has 2 N–H and O–H groups in total. The Morgan fingerprint density at radius 1 is 1.14 bits per heavy atom. The first-order chi connectivity index (χ1) is 17.8. The van der Waals surface area contributed by atoms with Crippen LogP contribution in [-0.2, 0) is 0 Å². The number of thiocarbonyl (C=S) groups is 1.